The maximum Gasteiger partial charge on any atom is 0.442 e. The van der Waals surface area contributed by atoms with Gasteiger partial charge in [0, 0.05) is 6.54 Å². The zero-order chi connectivity index (χ0) is 12.2. The molecule has 1 saturated carbocycles. The molecule has 0 heterocycles. The Morgan fingerprint density at radius 3 is 2.38 bits per heavy atom. The summed E-state index contributed by atoms with van der Waals surface area (Å²) in [7, 11) is 0. The molecule has 3 nitrogen and oxygen atoms in total. The summed E-state index contributed by atoms with van der Waals surface area (Å²) in [4.78, 5) is 11.3. The lowest BCUT2D eigenvalue weighted by molar-refractivity contribution is -0.120. The highest BCUT2D eigenvalue weighted by Gasteiger charge is 2.35. The lowest BCUT2D eigenvalue weighted by atomic mass is 9.98. The highest BCUT2D eigenvalue weighted by Crippen LogP contribution is 2.31. The number of hydrogen-bond donors (Lipinski definition) is 2. The van der Waals surface area contributed by atoms with E-state index in [1.165, 1.54) is 0 Å². The number of thioether (sulfide) groups is 1. The van der Waals surface area contributed by atoms with Gasteiger partial charge < -0.3 is 11.1 Å². The van der Waals surface area contributed by atoms with E-state index in [0.29, 0.717) is 0 Å². The standard InChI is InChI=1S/C9H15F3N2OS/c10-9(11,12)16-5-7(15)14-8(6-13)3-1-2-4-8/h1-6,13H2,(H,14,15). The van der Waals surface area contributed by atoms with Crippen LogP contribution in [0.15, 0.2) is 0 Å². The first-order valence-electron chi connectivity index (χ1n) is 5.09. The van der Waals surface area contributed by atoms with Gasteiger partial charge in [-0.2, -0.15) is 13.2 Å². The third-order valence-corrected chi connectivity index (χ3v) is 3.46. The summed E-state index contributed by atoms with van der Waals surface area (Å²) in [5, 5.41) is 2.63. The van der Waals surface area contributed by atoms with Crippen LogP contribution in [-0.4, -0.2) is 29.3 Å². The predicted octanol–water partition coefficient (Wildman–Crippen LogP) is 1.63. The van der Waals surface area contributed by atoms with Gasteiger partial charge in [-0.15, -0.1) is 0 Å². The third-order valence-electron chi connectivity index (χ3n) is 2.72. The summed E-state index contributed by atoms with van der Waals surface area (Å²) in [5.74, 6) is -1.18. The van der Waals surface area contributed by atoms with Crippen molar-refractivity contribution in [2.24, 2.45) is 5.73 Å². The van der Waals surface area contributed by atoms with Crippen molar-refractivity contribution in [1.82, 2.24) is 5.32 Å². The predicted molar refractivity (Wildman–Crippen MR) is 56.9 cm³/mol. The minimum Gasteiger partial charge on any atom is -0.349 e. The Morgan fingerprint density at radius 2 is 1.94 bits per heavy atom. The molecule has 0 aromatic carbocycles. The van der Waals surface area contributed by atoms with Crippen molar-refractivity contribution in [1.29, 1.82) is 0 Å². The minimum atomic E-state index is -4.36. The highest BCUT2D eigenvalue weighted by atomic mass is 32.2. The summed E-state index contributed by atoms with van der Waals surface area (Å²) < 4.78 is 35.6. The second-order valence-corrected chi connectivity index (χ2v) is 5.01. The number of rotatable bonds is 4. The van der Waals surface area contributed by atoms with Crippen LogP contribution in [0.25, 0.3) is 0 Å². The topological polar surface area (TPSA) is 55.1 Å². The molecule has 0 radical (unpaired) electrons. The number of carbonyl (C=O) groups is 1. The lowest BCUT2D eigenvalue weighted by Crippen LogP contribution is -2.52. The van der Waals surface area contributed by atoms with Crippen LogP contribution in [0.4, 0.5) is 13.2 Å². The van der Waals surface area contributed by atoms with Crippen molar-refractivity contribution in [3.8, 4) is 0 Å². The van der Waals surface area contributed by atoms with Gasteiger partial charge in [0.05, 0.1) is 11.3 Å². The summed E-state index contributed by atoms with van der Waals surface area (Å²) in [6.07, 6.45) is 3.44. The second kappa shape index (κ2) is 5.27. The van der Waals surface area contributed by atoms with E-state index in [9.17, 15) is 18.0 Å². The van der Waals surface area contributed by atoms with E-state index in [1.54, 1.807) is 0 Å². The van der Waals surface area contributed by atoms with Gasteiger partial charge in [-0.05, 0) is 24.6 Å². The van der Waals surface area contributed by atoms with Crippen LogP contribution in [0, 0.1) is 0 Å². The van der Waals surface area contributed by atoms with Crippen LogP contribution < -0.4 is 11.1 Å². The number of hydrogen-bond acceptors (Lipinski definition) is 3. The SMILES string of the molecule is NCC1(NC(=O)CSC(F)(F)F)CCCC1. The van der Waals surface area contributed by atoms with E-state index < -0.39 is 22.7 Å². The Bertz CT molecular complexity index is 252. The molecular formula is C9H15F3N2OS. The van der Waals surface area contributed by atoms with Crippen molar-refractivity contribution in [2.75, 3.05) is 12.3 Å². The molecule has 0 atom stereocenters. The largest absolute Gasteiger partial charge is 0.442 e. The molecule has 1 aliphatic rings. The van der Waals surface area contributed by atoms with Crippen LogP contribution in [-0.2, 0) is 4.79 Å². The lowest BCUT2D eigenvalue weighted by Gasteiger charge is -2.28. The molecule has 1 rings (SSSR count). The van der Waals surface area contributed by atoms with Gasteiger partial charge in [0.25, 0.3) is 0 Å². The van der Waals surface area contributed by atoms with Crippen molar-refractivity contribution in [2.45, 2.75) is 36.7 Å². The maximum absolute atomic E-state index is 11.9. The molecule has 0 spiro atoms. The van der Waals surface area contributed by atoms with Crippen molar-refractivity contribution in [3.05, 3.63) is 0 Å². The molecule has 1 fully saturated rings. The molecule has 94 valence electrons. The Kier molecular flexibility index (Phi) is 4.49. The Labute approximate surface area is 96.3 Å². The molecule has 0 aromatic rings. The fraction of sp³-hybridized carbons (Fsp3) is 0.889. The van der Waals surface area contributed by atoms with Gasteiger partial charge in [-0.1, -0.05) is 12.8 Å². The van der Waals surface area contributed by atoms with Crippen molar-refractivity contribution >= 4 is 17.7 Å². The first kappa shape index (κ1) is 13.6. The van der Waals surface area contributed by atoms with Gasteiger partial charge in [0.2, 0.25) is 5.91 Å². The van der Waals surface area contributed by atoms with E-state index in [2.05, 4.69) is 5.32 Å². The summed E-state index contributed by atoms with van der Waals surface area (Å²) in [5.41, 5.74) is 0.728. The molecule has 7 heteroatoms. The quantitative estimate of drug-likeness (QED) is 0.803. The minimum absolute atomic E-state index is 0.287. The van der Waals surface area contributed by atoms with Crippen LogP contribution >= 0.6 is 11.8 Å². The first-order valence-corrected chi connectivity index (χ1v) is 6.07. The fourth-order valence-corrected chi connectivity index (χ4v) is 2.28. The summed E-state index contributed by atoms with van der Waals surface area (Å²) in [6, 6.07) is 0. The average molecular weight is 256 g/mol. The van der Waals surface area contributed by atoms with Gasteiger partial charge in [0.1, 0.15) is 0 Å². The first-order chi connectivity index (χ1) is 7.37. The molecule has 16 heavy (non-hydrogen) atoms. The Balaban J connectivity index is 2.38. The van der Waals surface area contributed by atoms with Gasteiger partial charge >= 0.3 is 5.51 Å². The van der Waals surface area contributed by atoms with E-state index in [1.807, 2.05) is 0 Å². The molecule has 0 aromatic heterocycles. The molecule has 0 bridgehead atoms. The molecule has 0 aliphatic heterocycles. The molecule has 0 unspecified atom stereocenters. The number of nitrogens with two attached hydrogens (primary N) is 1. The smallest absolute Gasteiger partial charge is 0.349 e. The van der Waals surface area contributed by atoms with Gasteiger partial charge in [-0.3, -0.25) is 4.79 Å². The maximum atomic E-state index is 11.9. The van der Waals surface area contributed by atoms with E-state index >= 15 is 0 Å². The molecular weight excluding hydrogens is 241 g/mol. The highest BCUT2D eigenvalue weighted by molar-refractivity contribution is 8.00. The van der Waals surface area contributed by atoms with E-state index in [4.69, 9.17) is 5.73 Å². The molecule has 3 N–H and O–H groups in total. The molecule has 0 saturated heterocycles. The zero-order valence-electron chi connectivity index (χ0n) is 8.77. The van der Waals surface area contributed by atoms with Crippen LogP contribution in [0.3, 0.4) is 0 Å². The Morgan fingerprint density at radius 1 is 1.38 bits per heavy atom. The average Bonchev–Trinajstić information content (AvgIpc) is 2.63. The number of halogens is 3. The van der Waals surface area contributed by atoms with Gasteiger partial charge in [0.15, 0.2) is 0 Å². The third kappa shape index (κ3) is 4.21. The second-order valence-electron chi connectivity index (χ2n) is 3.97. The Hall–Kier alpha value is -0.430. The number of alkyl halides is 3. The number of amides is 1. The molecule has 1 aliphatic carbocycles. The van der Waals surface area contributed by atoms with Crippen LogP contribution in [0.2, 0.25) is 0 Å². The van der Waals surface area contributed by atoms with E-state index in [-0.39, 0.29) is 18.3 Å². The van der Waals surface area contributed by atoms with Crippen LogP contribution in [0.1, 0.15) is 25.7 Å². The summed E-state index contributed by atoms with van der Waals surface area (Å²) in [6.45, 7) is 0.287. The van der Waals surface area contributed by atoms with Crippen molar-refractivity contribution < 1.29 is 18.0 Å². The van der Waals surface area contributed by atoms with Crippen LogP contribution in [0.5, 0.6) is 0 Å². The summed E-state index contributed by atoms with van der Waals surface area (Å²) >= 11 is -0.319. The number of carbonyl (C=O) groups excluding carboxylic acids is 1. The number of nitrogens with one attached hydrogen (secondary N) is 1. The van der Waals surface area contributed by atoms with E-state index in [0.717, 1.165) is 25.7 Å². The monoisotopic (exact) mass is 256 g/mol. The molecule has 1 amide bonds. The fourth-order valence-electron chi connectivity index (χ4n) is 1.91. The normalized spacial score (nSPS) is 19.8. The van der Waals surface area contributed by atoms with Crippen molar-refractivity contribution in [3.63, 3.8) is 0 Å². The zero-order valence-corrected chi connectivity index (χ0v) is 9.59. The van der Waals surface area contributed by atoms with Gasteiger partial charge in [-0.25, -0.2) is 0 Å².